The molecule has 0 aliphatic rings. The van der Waals surface area contributed by atoms with Crippen molar-refractivity contribution in [3.05, 3.63) is 48.5 Å². The van der Waals surface area contributed by atoms with Gasteiger partial charge in [0.05, 0.1) is 31.9 Å². The Hall–Kier alpha value is -2.82. The number of rotatable bonds is 4. The Labute approximate surface area is 129 Å². The molecule has 0 aliphatic carbocycles. The third-order valence-electron chi connectivity index (χ3n) is 3.48. The first kappa shape index (κ1) is 14.1. The number of imidazole rings is 1. The number of methoxy groups -OCH3 is 2. The molecule has 1 aromatic carbocycles. The van der Waals surface area contributed by atoms with Gasteiger partial charge in [0.1, 0.15) is 0 Å². The standard InChI is InChI=1S/C17H17N3O2/c1-11-8-13(6-7-18-11)17-16(19-10-20-17)12-4-5-14(21-2)15(9-12)22-3/h4-10H,1-3H3,(H,19,20). The summed E-state index contributed by atoms with van der Waals surface area (Å²) in [5.74, 6) is 1.38. The zero-order valence-electron chi connectivity index (χ0n) is 12.8. The van der Waals surface area contributed by atoms with Gasteiger partial charge in [0.25, 0.3) is 0 Å². The molecule has 2 heterocycles. The lowest BCUT2D eigenvalue weighted by atomic mass is 10.0. The lowest BCUT2D eigenvalue weighted by molar-refractivity contribution is 0.355. The normalized spacial score (nSPS) is 10.5. The number of aryl methyl sites for hydroxylation is 1. The van der Waals surface area contributed by atoms with Crippen LogP contribution in [-0.4, -0.2) is 29.2 Å². The molecule has 3 aromatic rings. The molecule has 0 saturated heterocycles. The summed E-state index contributed by atoms with van der Waals surface area (Å²) in [7, 11) is 3.25. The number of H-pyrrole nitrogens is 1. The second-order valence-corrected chi connectivity index (χ2v) is 4.88. The molecule has 0 atom stereocenters. The van der Waals surface area contributed by atoms with E-state index in [-0.39, 0.29) is 0 Å². The zero-order chi connectivity index (χ0) is 15.5. The van der Waals surface area contributed by atoms with Crippen LogP contribution in [0.5, 0.6) is 11.5 Å². The van der Waals surface area contributed by atoms with Crippen molar-refractivity contribution in [1.29, 1.82) is 0 Å². The molecular weight excluding hydrogens is 278 g/mol. The summed E-state index contributed by atoms with van der Waals surface area (Å²) in [4.78, 5) is 11.9. The van der Waals surface area contributed by atoms with Crippen LogP contribution in [0.25, 0.3) is 22.5 Å². The number of benzene rings is 1. The number of ether oxygens (including phenoxy) is 2. The van der Waals surface area contributed by atoms with Gasteiger partial charge in [-0.25, -0.2) is 4.98 Å². The van der Waals surface area contributed by atoms with Crippen molar-refractivity contribution >= 4 is 0 Å². The number of aromatic nitrogens is 3. The minimum Gasteiger partial charge on any atom is -0.493 e. The van der Waals surface area contributed by atoms with Crippen molar-refractivity contribution in [3.8, 4) is 34.0 Å². The highest BCUT2D eigenvalue weighted by Crippen LogP contribution is 2.35. The van der Waals surface area contributed by atoms with Crippen LogP contribution in [0, 0.1) is 6.92 Å². The molecule has 0 aliphatic heterocycles. The van der Waals surface area contributed by atoms with Crippen molar-refractivity contribution < 1.29 is 9.47 Å². The van der Waals surface area contributed by atoms with Crippen molar-refractivity contribution in [2.45, 2.75) is 6.92 Å². The molecule has 0 radical (unpaired) electrons. The molecule has 0 spiro atoms. The third kappa shape index (κ3) is 2.53. The van der Waals surface area contributed by atoms with Crippen LogP contribution in [0.4, 0.5) is 0 Å². The summed E-state index contributed by atoms with van der Waals surface area (Å²) in [6, 6.07) is 9.76. The van der Waals surface area contributed by atoms with Crippen molar-refractivity contribution in [2.75, 3.05) is 14.2 Å². The van der Waals surface area contributed by atoms with Gasteiger partial charge in [-0.15, -0.1) is 0 Å². The molecule has 3 rings (SSSR count). The number of hydrogen-bond donors (Lipinski definition) is 1. The van der Waals surface area contributed by atoms with E-state index in [4.69, 9.17) is 9.47 Å². The molecule has 0 unspecified atom stereocenters. The van der Waals surface area contributed by atoms with Gasteiger partial charge < -0.3 is 14.5 Å². The quantitative estimate of drug-likeness (QED) is 0.800. The Morgan fingerprint density at radius 2 is 1.73 bits per heavy atom. The molecule has 112 valence electrons. The highest BCUT2D eigenvalue weighted by molar-refractivity contribution is 5.79. The van der Waals surface area contributed by atoms with E-state index < -0.39 is 0 Å². The highest BCUT2D eigenvalue weighted by atomic mass is 16.5. The largest absolute Gasteiger partial charge is 0.493 e. The second-order valence-electron chi connectivity index (χ2n) is 4.88. The van der Waals surface area contributed by atoms with Crippen molar-refractivity contribution in [1.82, 2.24) is 15.0 Å². The molecular formula is C17H17N3O2. The van der Waals surface area contributed by atoms with E-state index in [9.17, 15) is 0 Å². The van der Waals surface area contributed by atoms with Gasteiger partial charge in [-0.2, -0.15) is 0 Å². The number of aromatic amines is 1. The molecule has 0 amide bonds. The number of hydrogen-bond acceptors (Lipinski definition) is 4. The van der Waals surface area contributed by atoms with E-state index in [0.717, 1.165) is 28.2 Å². The first-order chi connectivity index (χ1) is 10.7. The van der Waals surface area contributed by atoms with E-state index >= 15 is 0 Å². The summed E-state index contributed by atoms with van der Waals surface area (Å²) in [6.45, 7) is 1.97. The Kier molecular flexibility index (Phi) is 3.78. The first-order valence-corrected chi connectivity index (χ1v) is 6.91. The number of nitrogens with one attached hydrogen (secondary N) is 1. The van der Waals surface area contributed by atoms with Gasteiger partial charge in [0.2, 0.25) is 0 Å². The summed E-state index contributed by atoms with van der Waals surface area (Å²) in [6.07, 6.45) is 3.49. The van der Waals surface area contributed by atoms with E-state index in [1.807, 2.05) is 37.3 Å². The highest BCUT2D eigenvalue weighted by Gasteiger charge is 2.13. The van der Waals surface area contributed by atoms with Crippen LogP contribution < -0.4 is 9.47 Å². The zero-order valence-corrected chi connectivity index (χ0v) is 12.8. The van der Waals surface area contributed by atoms with Crippen LogP contribution in [0.15, 0.2) is 42.9 Å². The Bertz CT molecular complexity index is 796. The van der Waals surface area contributed by atoms with Crippen LogP contribution in [-0.2, 0) is 0 Å². The molecule has 0 fully saturated rings. The monoisotopic (exact) mass is 295 g/mol. The molecule has 0 bridgehead atoms. The summed E-state index contributed by atoms with van der Waals surface area (Å²) >= 11 is 0. The molecule has 2 aromatic heterocycles. The van der Waals surface area contributed by atoms with Crippen LogP contribution >= 0.6 is 0 Å². The van der Waals surface area contributed by atoms with Crippen molar-refractivity contribution in [3.63, 3.8) is 0 Å². The van der Waals surface area contributed by atoms with Crippen molar-refractivity contribution in [2.24, 2.45) is 0 Å². The molecule has 5 heteroatoms. The second kappa shape index (κ2) is 5.89. The minimum atomic E-state index is 0.680. The van der Waals surface area contributed by atoms with E-state index in [1.165, 1.54) is 0 Å². The fraction of sp³-hybridized carbons (Fsp3) is 0.176. The van der Waals surface area contributed by atoms with Crippen LogP contribution in [0.2, 0.25) is 0 Å². The summed E-state index contributed by atoms with van der Waals surface area (Å²) in [5.41, 5.74) is 4.80. The van der Waals surface area contributed by atoms with Gasteiger partial charge in [0, 0.05) is 23.0 Å². The van der Waals surface area contributed by atoms with Gasteiger partial charge in [-0.1, -0.05) is 0 Å². The predicted molar refractivity (Wildman–Crippen MR) is 85.1 cm³/mol. The lowest BCUT2D eigenvalue weighted by Crippen LogP contribution is -1.92. The first-order valence-electron chi connectivity index (χ1n) is 6.91. The molecule has 0 saturated carbocycles. The van der Waals surface area contributed by atoms with Gasteiger partial charge >= 0.3 is 0 Å². The fourth-order valence-electron chi connectivity index (χ4n) is 2.42. The van der Waals surface area contributed by atoms with Crippen LogP contribution in [0.1, 0.15) is 5.69 Å². The fourth-order valence-corrected chi connectivity index (χ4v) is 2.42. The van der Waals surface area contributed by atoms with E-state index in [2.05, 4.69) is 15.0 Å². The molecule has 22 heavy (non-hydrogen) atoms. The Balaban J connectivity index is 2.09. The molecule has 5 nitrogen and oxygen atoms in total. The van der Waals surface area contributed by atoms with Gasteiger partial charge in [-0.3, -0.25) is 4.98 Å². The Morgan fingerprint density at radius 3 is 2.45 bits per heavy atom. The van der Waals surface area contributed by atoms with E-state index in [1.54, 1.807) is 26.7 Å². The van der Waals surface area contributed by atoms with E-state index in [0.29, 0.717) is 11.5 Å². The number of nitrogens with zero attached hydrogens (tertiary/aromatic N) is 2. The average Bonchev–Trinajstić information content (AvgIpc) is 3.03. The number of pyridine rings is 1. The maximum absolute atomic E-state index is 5.37. The molecule has 1 N–H and O–H groups in total. The maximum Gasteiger partial charge on any atom is 0.161 e. The topological polar surface area (TPSA) is 60.0 Å². The SMILES string of the molecule is COc1ccc(-c2nc[nH]c2-c2ccnc(C)c2)cc1OC. The predicted octanol–water partition coefficient (Wildman–Crippen LogP) is 3.46. The minimum absolute atomic E-state index is 0.680. The van der Waals surface area contributed by atoms with Gasteiger partial charge in [0.15, 0.2) is 11.5 Å². The summed E-state index contributed by atoms with van der Waals surface area (Å²) < 4.78 is 10.6. The smallest absolute Gasteiger partial charge is 0.161 e. The Morgan fingerprint density at radius 1 is 0.909 bits per heavy atom. The maximum atomic E-state index is 5.37. The summed E-state index contributed by atoms with van der Waals surface area (Å²) in [5, 5.41) is 0. The third-order valence-corrected chi connectivity index (χ3v) is 3.48. The van der Waals surface area contributed by atoms with Crippen LogP contribution in [0.3, 0.4) is 0 Å². The average molecular weight is 295 g/mol. The lowest BCUT2D eigenvalue weighted by Gasteiger charge is -2.09. The van der Waals surface area contributed by atoms with Gasteiger partial charge in [-0.05, 0) is 37.3 Å².